The summed E-state index contributed by atoms with van der Waals surface area (Å²) in [5.41, 5.74) is 3.44. The second-order valence-corrected chi connectivity index (χ2v) is 5.12. The predicted octanol–water partition coefficient (Wildman–Crippen LogP) is 3.37. The summed E-state index contributed by atoms with van der Waals surface area (Å²) >= 11 is 0. The number of fused-ring (bicyclic) bond motifs is 1. The van der Waals surface area contributed by atoms with E-state index in [0.29, 0.717) is 6.04 Å². The third-order valence-electron chi connectivity index (χ3n) is 3.71. The summed E-state index contributed by atoms with van der Waals surface area (Å²) < 4.78 is 2.18. The van der Waals surface area contributed by atoms with Gasteiger partial charge in [0, 0.05) is 23.8 Å². The summed E-state index contributed by atoms with van der Waals surface area (Å²) in [5, 5.41) is 4.44. The van der Waals surface area contributed by atoms with Gasteiger partial charge in [0.25, 0.3) is 0 Å². The highest BCUT2D eigenvalue weighted by Gasteiger charge is 2.05. The summed E-state index contributed by atoms with van der Waals surface area (Å²) in [6, 6.07) is 15.0. The van der Waals surface area contributed by atoms with Crippen molar-refractivity contribution < 1.29 is 0 Å². The molecule has 3 nitrogen and oxygen atoms in total. The van der Waals surface area contributed by atoms with Gasteiger partial charge in [-0.05, 0) is 37.7 Å². The third-order valence-corrected chi connectivity index (χ3v) is 3.71. The number of hydrogen-bond donors (Lipinski definition) is 1. The van der Waals surface area contributed by atoms with Crippen LogP contribution in [-0.2, 0) is 6.54 Å². The lowest BCUT2D eigenvalue weighted by molar-refractivity contribution is 0.648. The number of pyridine rings is 1. The van der Waals surface area contributed by atoms with Gasteiger partial charge in [-0.3, -0.25) is 4.98 Å². The standard InChI is InChI=1S/C17H19N3/c1-13(18-2)15-9-10-20(11-15)12-16-8-7-14-5-3-4-6-17(14)19-16/h3-11,13,18H,12H2,1-2H3. The topological polar surface area (TPSA) is 29.9 Å². The highest BCUT2D eigenvalue weighted by atomic mass is 15.0. The fraction of sp³-hybridized carbons (Fsp3) is 0.235. The highest BCUT2D eigenvalue weighted by molar-refractivity contribution is 5.78. The van der Waals surface area contributed by atoms with Crippen LogP contribution in [-0.4, -0.2) is 16.6 Å². The van der Waals surface area contributed by atoms with E-state index in [1.54, 1.807) is 0 Å². The fourth-order valence-corrected chi connectivity index (χ4v) is 2.36. The number of para-hydroxylation sites is 1. The monoisotopic (exact) mass is 265 g/mol. The Morgan fingerprint density at radius 3 is 2.85 bits per heavy atom. The summed E-state index contributed by atoms with van der Waals surface area (Å²) in [5.74, 6) is 0. The average Bonchev–Trinajstić information content (AvgIpc) is 2.95. The molecule has 3 rings (SSSR count). The summed E-state index contributed by atoms with van der Waals surface area (Å²) in [6.07, 6.45) is 4.29. The lowest BCUT2D eigenvalue weighted by Gasteiger charge is -2.07. The van der Waals surface area contributed by atoms with E-state index in [1.165, 1.54) is 10.9 Å². The molecule has 0 saturated carbocycles. The Kier molecular flexibility index (Phi) is 3.52. The molecule has 1 unspecified atom stereocenters. The second-order valence-electron chi connectivity index (χ2n) is 5.12. The van der Waals surface area contributed by atoms with E-state index >= 15 is 0 Å². The molecule has 3 aromatic rings. The van der Waals surface area contributed by atoms with Crippen LogP contribution in [0.25, 0.3) is 10.9 Å². The predicted molar refractivity (Wildman–Crippen MR) is 82.8 cm³/mol. The molecule has 102 valence electrons. The molecule has 0 aliphatic rings. The normalized spacial score (nSPS) is 12.7. The first-order chi connectivity index (χ1) is 9.76. The number of nitrogens with one attached hydrogen (secondary N) is 1. The van der Waals surface area contributed by atoms with Crippen molar-refractivity contribution in [1.82, 2.24) is 14.9 Å². The minimum Gasteiger partial charge on any atom is -0.348 e. The summed E-state index contributed by atoms with van der Waals surface area (Å²) in [7, 11) is 1.98. The largest absolute Gasteiger partial charge is 0.348 e. The first-order valence-corrected chi connectivity index (χ1v) is 6.94. The Morgan fingerprint density at radius 1 is 1.15 bits per heavy atom. The van der Waals surface area contributed by atoms with Crippen molar-refractivity contribution in [3.8, 4) is 0 Å². The van der Waals surface area contributed by atoms with E-state index < -0.39 is 0 Å². The maximum Gasteiger partial charge on any atom is 0.0706 e. The molecule has 0 aliphatic heterocycles. The van der Waals surface area contributed by atoms with Gasteiger partial charge in [0.1, 0.15) is 0 Å². The van der Waals surface area contributed by atoms with Crippen LogP contribution in [0, 0.1) is 0 Å². The molecule has 2 heterocycles. The van der Waals surface area contributed by atoms with Gasteiger partial charge in [-0.15, -0.1) is 0 Å². The van der Waals surface area contributed by atoms with Crippen LogP contribution in [0.4, 0.5) is 0 Å². The van der Waals surface area contributed by atoms with Gasteiger partial charge < -0.3 is 9.88 Å². The smallest absolute Gasteiger partial charge is 0.0706 e. The SMILES string of the molecule is CNC(C)c1ccn(Cc2ccc3ccccc3n2)c1. The molecule has 0 amide bonds. The van der Waals surface area contributed by atoms with E-state index in [2.05, 4.69) is 59.5 Å². The Morgan fingerprint density at radius 2 is 2.00 bits per heavy atom. The number of nitrogens with zero attached hydrogens (tertiary/aromatic N) is 2. The minimum atomic E-state index is 0.376. The van der Waals surface area contributed by atoms with Gasteiger partial charge in [0.15, 0.2) is 0 Å². The Balaban J connectivity index is 1.83. The van der Waals surface area contributed by atoms with E-state index in [0.717, 1.165) is 17.8 Å². The van der Waals surface area contributed by atoms with Gasteiger partial charge in [-0.25, -0.2) is 0 Å². The van der Waals surface area contributed by atoms with Crippen molar-refractivity contribution >= 4 is 10.9 Å². The Bertz CT molecular complexity index is 715. The Labute approximate surface area is 119 Å². The van der Waals surface area contributed by atoms with Crippen molar-refractivity contribution in [3.05, 3.63) is 66.1 Å². The van der Waals surface area contributed by atoms with Crippen molar-refractivity contribution in [2.24, 2.45) is 0 Å². The Hall–Kier alpha value is -2.13. The van der Waals surface area contributed by atoms with E-state index in [-0.39, 0.29) is 0 Å². The zero-order valence-corrected chi connectivity index (χ0v) is 11.9. The van der Waals surface area contributed by atoms with Crippen LogP contribution < -0.4 is 5.32 Å². The molecule has 3 heteroatoms. The van der Waals surface area contributed by atoms with Gasteiger partial charge >= 0.3 is 0 Å². The van der Waals surface area contributed by atoms with E-state index in [4.69, 9.17) is 4.98 Å². The number of rotatable bonds is 4. The molecule has 20 heavy (non-hydrogen) atoms. The van der Waals surface area contributed by atoms with Crippen LogP contribution in [0.15, 0.2) is 54.9 Å². The molecular weight excluding hydrogens is 246 g/mol. The zero-order chi connectivity index (χ0) is 13.9. The molecule has 0 bridgehead atoms. The summed E-state index contributed by atoms with van der Waals surface area (Å²) in [6.45, 7) is 2.97. The fourth-order valence-electron chi connectivity index (χ4n) is 2.36. The number of aromatic nitrogens is 2. The molecule has 0 saturated heterocycles. The first kappa shape index (κ1) is 12.9. The van der Waals surface area contributed by atoms with Crippen molar-refractivity contribution in [2.75, 3.05) is 7.05 Å². The van der Waals surface area contributed by atoms with Crippen LogP contribution in [0.5, 0.6) is 0 Å². The van der Waals surface area contributed by atoms with Crippen molar-refractivity contribution in [2.45, 2.75) is 19.5 Å². The maximum absolute atomic E-state index is 4.71. The van der Waals surface area contributed by atoms with Crippen LogP contribution in [0.3, 0.4) is 0 Å². The highest BCUT2D eigenvalue weighted by Crippen LogP contribution is 2.15. The molecule has 1 N–H and O–H groups in total. The van der Waals surface area contributed by atoms with E-state index in [9.17, 15) is 0 Å². The van der Waals surface area contributed by atoms with Gasteiger partial charge in [0.2, 0.25) is 0 Å². The van der Waals surface area contributed by atoms with Crippen molar-refractivity contribution in [3.63, 3.8) is 0 Å². The molecule has 2 aromatic heterocycles. The zero-order valence-electron chi connectivity index (χ0n) is 11.9. The van der Waals surface area contributed by atoms with Gasteiger partial charge in [-0.2, -0.15) is 0 Å². The van der Waals surface area contributed by atoms with Crippen LogP contribution >= 0.6 is 0 Å². The number of benzene rings is 1. The molecular formula is C17H19N3. The minimum absolute atomic E-state index is 0.376. The van der Waals surface area contributed by atoms with Crippen LogP contribution in [0.2, 0.25) is 0 Å². The van der Waals surface area contributed by atoms with E-state index in [1.807, 2.05) is 19.2 Å². The second kappa shape index (κ2) is 5.47. The lowest BCUT2D eigenvalue weighted by atomic mass is 10.2. The lowest BCUT2D eigenvalue weighted by Crippen LogP contribution is -2.11. The van der Waals surface area contributed by atoms with Gasteiger partial charge in [-0.1, -0.05) is 24.3 Å². The maximum atomic E-state index is 4.71. The first-order valence-electron chi connectivity index (χ1n) is 6.94. The molecule has 0 spiro atoms. The van der Waals surface area contributed by atoms with Crippen LogP contribution in [0.1, 0.15) is 24.2 Å². The summed E-state index contributed by atoms with van der Waals surface area (Å²) in [4.78, 5) is 4.71. The van der Waals surface area contributed by atoms with Crippen molar-refractivity contribution in [1.29, 1.82) is 0 Å². The number of hydrogen-bond acceptors (Lipinski definition) is 2. The quantitative estimate of drug-likeness (QED) is 0.784. The third kappa shape index (κ3) is 2.58. The molecule has 1 atom stereocenters. The molecule has 0 fully saturated rings. The molecule has 1 aromatic carbocycles. The molecule has 0 aliphatic carbocycles. The average molecular weight is 265 g/mol. The molecule has 0 radical (unpaired) electrons. The van der Waals surface area contributed by atoms with Gasteiger partial charge in [0.05, 0.1) is 17.8 Å².